The van der Waals surface area contributed by atoms with Crippen LogP contribution in [-0.4, -0.2) is 16.0 Å². The van der Waals surface area contributed by atoms with E-state index in [4.69, 9.17) is 22.3 Å². The number of nitrogens with zero attached hydrogens (tertiary/aromatic N) is 2. The summed E-state index contributed by atoms with van der Waals surface area (Å²) in [6, 6.07) is 14.2. The predicted molar refractivity (Wildman–Crippen MR) is 99.2 cm³/mol. The smallest absolute Gasteiger partial charge is 0.149 e. The van der Waals surface area contributed by atoms with E-state index in [-0.39, 0.29) is 0 Å². The lowest BCUT2D eigenvalue weighted by atomic mass is 9.77. The first-order chi connectivity index (χ1) is 11.7. The fraction of sp³-hybridized carbons (Fsp3) is 0.263. The summed E-state index contributed by atoms with van der Waals surface area (Å²) in [5, 5.41) is 5.28. The zero-order chi connectivity index (χ0) is 16.5. The number of pyridine rings is 2. The Morgan fingerprint density at radius 3 is 2.83 bits per heavy atom. The Bertz CT molecular complexity index is 874. The van der Waals surface area contributed by atoms with Crippen LogP contribution in [0.4, 0.5) is 11.5 Å². The fourth-order valence-corrected chi connectivity index (χ4v) is 3.46. The lowest BCUT2D eigenvalue weighted by molar-refractivity contribution is 0.279. The van der Waals surface area contributed by atoms with Crippen molar-refractivity contribution >= 4 is 34.0 Å². The first-order valence-electron chi connectivity index (χ1n) is 8.19. The number of anilines is 2. The van der Waals surface area contributed by atoms with Crippen molar-refractivity contribution in [3.63, 3.8) is 0 Å². The molecule has 2 heterocycles. The minimum absolute atomic E-state index is 0.446. The number of nitrogens with one attached hydrogen (secondary N) is 1. The van der Waals surface area contributed by atoms with Gasteiger partial charge in [0.05, 0.1) is 11.2 Å². The minimum atomic E-state index is 0.446. The van der Waals surface area contributed by atoms with Gasteiger partial charge >= 0.3 is 0 Å². The van der Waals surface area contributed by atoms with E-state index in [2.05, 4.69) is 22.4 Å². The van der Waals surface area contributed by atoms with Gasteiger partial charge in [-0.15, -0.1) is 0 Å². The third-order valence-electron chi connectivity index (χ3n) is 4.63. The van der Waals surface area contributed by atoms with E-state index in [0.717, 1.165) is 46.7 Å². The van der Waals surface area contributed by atoms with Gasteiger partial charge in [-0.05, 0) is 55.5 Å². The quantitative estimate of drug-likeness (QED) is 0.744. The Labute approximate surface area is 146 Å². The van der Waals surface area contributed by atoms with Gasteiger partial charge in [0.25, 0.3) is 0 Å². The van der Waals surface area contributed by atoms with Gasteiger partial charge in [-0.3, -0.25) is 4.98 Å². The largest absolute Gasteiger partial charge is 0.396 e. The highest BCUT2D eigenvalue weighted by Crippen LogP contribution is 2.33. The maximum absolute atomic E-state index is 6.06. The zero-order valence-corrected chi connectivity index (χ0v) is 14.0. The molecular weight excluding hydrogens is 320 g/mol. The highest BCUT2D eigenvalue weighted by Gasteiger charge is 2.29. The second kappa shape index (κ2) is 6.29. The summed E-state index contributed by atoms with van der Waals surface area (Å²) in [5.41, 5.74) is 8.73. The van der Waals surface area contributed by atoms with Crippen LogP contribution >= 0.6 is 11.6 Å². The van der Waals surface area contributed by atoms with Gasteiger partial charge in [-0.2, -0.15) is 0 Å². The lowest BCUT2D eigenvalue weighted by Gasteiger charge is -2.36. The Morgan fingerprint density at radius 1 is 1.17 bits per heavy atom. The summed E-state index contributed by atoms with van der Waals surface area (Å²) in [6.07, 6.45) is 4.99. The van der Waals surface area contributed by atoms with Crippen LogP contribution in [0.3, 0.4) is 0 Å². The summed E-state index contributed by atoms with van der Waals surface area (Å²) in [5.74, 6) is 1.44. The number of fused-ring (bicyclic) bond motifs is 1. The van der Waals surface area contributed by atoms with Gasteiger partial charge < -0.3 is 11.1 Å². The van der Waals surface area contributed by atoms with Crippen LogP contribution in [0.15, 0.2) is 48.7 Å². The Kier molecular flexibility index (Phi) is 3.98. The van der Waals surface area contributed by atoms with Gasteiger partial charge in [-0.25, -0.2) is 4.98 Å². The molecule has 2 aromatic heterocycles. The Balaban J connectivity index is 1.37. The highest BCUT2D eigenvalue weighted by atomic mass is 35.5. The van der Waals surface area contributed by atoms with Crippen molar-refractivity contribution in [2.24, 2.45) is 5.92 Å². The summed E-state index contributed by atoms with van der Waals surface area (Å²) in [4.78, 5) is 9.03. The van der Waals surface area contributed by atoms with E-state index in [1.165, 1.54) is 0 Å². The molecule has 1 fully saturated rings. The van der Waals surface area contributed by atoms with Crippen molar-refractivity contribution in [2.45, 2.75) is 25.3 Å². The highest BCUT2D eigenvalue weighted by molar-refractivity contribution is 6.31. The number of rotatable bonds is 4. The monoisotopic (exact) mass is 338 g/mol. The van der Waals surface area contributed by atoms with E-state index < -0.39 is 0 Å². The maximum Gasteiger partial charge on any atom is 0.149 e. The molecule has 122 valence electrons. The van der Waals surface area contributed by atoms with Crippen LogP contribution in [0.1, 0.15) is 18.5 Å². The number of benzene rings is 1. The van der Waals surface area contributed by atoms with Gasteiger partial charge in [0.15, 0.2) is 0 Å². The number of nitrogens with two attached hydrogens (primary N) is 1. The van der Waals surface area contributed by atoms with Crippen LogP contribution in [0.2, 0.25) is 5.02 Å². The Hall–Kier alpha value is -2.33. The van der Waals surface area contributed by atoms with Crippen LogP contribution in [-0.2, 0) is 6.42 Å². The molecule has 3 aromatic rings. The van der Waals surface area contributed by atoms with Crippen molar-refractivity contribution < 1.29 is 0 Å². The van der Waals surface area contributed by atoms with Crippen molar-refractivity contribution in [3.05, 3.63) is 59.4 Å². The standard InChI is InChI=1S/C19H19ClN4/c20-14-5-3-13-4-6-15(23-18(13)11-14)8-12-9-16(10-12)24-19-17(21)2-1-7-22-19/h1-7,11-12,16H,8-10,21H2,(H,22,24). The molecule has 0 aliphatic heterocycles. The molecule has 1 aliphatic carbocycles. The van der Waals surface area contributed by atoms with Gasteiger partial charge in [0.1, 0.15) is 5.82 Å². The van der Waals surface area contributed by atoms with Crippen LogP contribution in [0.5, 0.6) is 0 Å². The first-order valence-corrected chi connectivity index (χ1v) is 8.57. The molecule has 4 rings (SSSR count). The molecule has 0 atom stereocenters. The van der Waals surface area contributed by atoms with Gasteiger partial charge in [0, 0.05) is 28.3 Å². The van der Waals surface area contributed by atoms with Crippen LogP contribution < -0.4 is 11.1 Å². The number of hydrogen-bond acceptors (Lipinski definition) is 4. The summed E-state index contributed by atoms with van der Waals surface area (Å²) < 4.78 is 0. The second-order valence-corrected chi connectivity index (χ2v) is 6.90. The summed E-state index contributed by atoms with van der Waals surface area (Å²) >= 11 is 6.06. The van der Waals surface area contributed by atoms with E-state index >= 15 is 0 Å². The SMILES string of the molecule is Nc1cccnc1NC1CC(Cc2ccc3ccc(Cl)cc3n2)C1. The molecule has 1 saturated carbocycles. The molecule has 0 spiro atoms. The van der Waals surface area contributed by atoms with E-state index in [1.807, 2.05) is 30.3 Å². The third-order valence-corrected chi connectivity index (χ3v) is 4.86. The summed E-state index contributed by atoms with van der Waals surface area (Å²) in [6.45, 7) is 0. The molecular formula is C19H19ClN4. The number of hydrogen-bond donors (Lipinski definition) is 2. The maximum atomic E-state index is 6.06. The summed E-state index contributed by atoms with van der Waals surface area (Å²) in [7, 11) is 0. The normalized spacial score (nSPS) is 19.9. The number of halogens is 1. The van der Waals surface area contributed by atoms with Crippen LogP contribution in [0, 0.1) is 5.92 Å². The van der Waals surface area contributed by atoms with E-state index in [1.54, 1.807) is 6.20 Å². The predicted octanol–water partition coefficient (Wildman–Crippen LogP) is 4.30. The topological polar surface area (TPSA) is 63.8 Å². The number of nitrogen functional groups attached to an aromatic ring is 1. The molecule has 24 heavy (non-hydrogen) atoms. The molecule has 0 bridgehead atoms. The molecule has 0 radical (unpaired) electrons. The molecule has 0 saturated heterocycles. The fourth-order valence-electron chi connectivity index (χ4n) is 3.29. The van der Waals surface area contributed by atoms with Crippen molar-refractivity contribution in [1.29, 1.82) is 0 Å². The van der Waals surface area contributed by atoms with E-state index in [9.17, 15) is 0 Å². The van der Waals surface area contributed by atoms with Crippen molar-refractivity contribution in [3.8, 4) is 0 Å². The van der Waals surface area contributed by atoms with Crippen LogP contribution in [0.25, 0.3) is 10.9 Å². The van der Waals surface area contributed by atoms with Gasteiger partial charge in [-0.1, -0.05) is 23.7 Å². The molecule has 3 N–H and O–H groups in total. The minimum Gasteiger partial charge on any atom is -0.396 e. The van der Waals surface area contributed by atoms with Crippen molar-refractivity contribution in [1.82, 2.24) is 9.97 Å². The molecule has 4 nitrogen and oxygen atoms in total. The first kappa shape index (κ1) is 15.2. The average molecular weight is 339 g/mol. The lowest BCUT2D eigenvalue weighted by Crippen LogP contribution is -2.37. The zero-order valence-electron chi connectivity index (χ0n) is 13.2. The molecule has 1 aromatic carbocycles. The Morgan fingerprint density at radius 2 is 2.00 bits per heavy atom. The molecule has 5 heteroatoms. The molecule has 0 amide bonds. The third kappa shape index (κ3) is 3.15. The second-order valence-electron chi connectivity index (χ2n) is 6.46. The average Bonchev–Trinajstić information content (AvgIpc) is 2.54. The molecule has 0 unspecified atom stereocenters. The van der Waals surface area contributed by atoms with Gasteiger partial charge in [0.2, 0.25) is 0 Å². The van der Waals surface area contributed by atoms with Crippen molar-refractivity contribution in [2.75, 3.05) is 11.1 Å². The van der Waals surface area contributed by atoms with E-state index in [0.29, 0.717) is 17.6 Å². The molecule has 1 aliphatic rings. The number of aromatic nitrogens is 2.